The van der Waals surface area contributed by atoms with Gasteiger partial charge in [-0.05, 0) is 56.3 Å². The summed E-state index contributed by atoms with van der Waals surface area (Å²) in [6.07, 6.45) is 10.1. The number of carbonyl (C=O) groups excluding carboxylic acids is 1. The summed E-state index contributed by atoms with van der Waals surface area (Å²) in [5.74, 6) is 3.42. The van der Waals surface area contributed by atoms with Crippen molar-refractivity contribution in [2.45, 2.75) is 64.3 Å². The third-order valence-corrected chi connectivity index (χ3v) is 5.22. The molecule has 0 saturated heterocycles. The topological polar surface area (TPSA) is 29.1 Å². The van der Waals surface area contributed by atoms with Crippen molar-refractivity contribution in [2.75, 3.05) is 0 Å². The van der Waals surface area contributed by atoms with Gasteiger partial charge in [0.2, 0.25) is 5.91 Å². The molecule has 2 nitrogen and oxygen atoms in total. The Bertz CT molecular complexity index is 291. The molecule has 4 unspecified atom stereocenters. The molecular weight excluding hydrogens is 210 g/mol. The van der Waals surface area contributed by atoms with Crippen molar-refractivity contribution < 1.29 is 4.79 Å². The monoisotopic (exact) mass is 235 g/mol. The van der Waals surface area contributed by atoms with Gasteiger partial charge < -0.3 is 5.32 Å². The lowest BCUT2D eigenvalue weighted by molar-refractivity contribution is -0.125. The minimum absolute atomic E-state index is 0.361. The molecule has 3 aliphatic rings. The maximum atomic E-state index is 12.2. The van der Waals surface area contributed by atoms with E-state index in [4.69, 9.17) is 0 Å². The lowest BCUT2D eigenvalue weighted by Gasteiger charge is -2.20. The molecule has 0 radical (unpaired) electrons. The van der Waals surface area contributed by atoms with Crippen LogP contribution in [-0.2, 0) is 4.79 Å². The highest BCUT2D eigenvalue weighted by molar-refractivity contribution is 5.79. The average Bonchev–Trinajstić information content (AvgIpc) is 2.98. The number of rotatable bonds is 2. The predicted molar refractivity (Wildman–Crippen MR) is 68.5 cm³/mol. The molecule has 0 aromatic rings. The van der Waals surface area contributed by atoms with Gasteiger partial charge in [0.25, 0.3) is 0 Å². The lowest BCUT2D eigenvalue weighted by atomic mass is 10.0. The van der Waals surface area contributed by atoms with E-state index in [0.29, 0.717) is 17.9 Å². The number of amides is 1. The Morgan fingerprint density at radius 1 is 1.00 bits per heavy atom. The Kier molecular flexibility index (Phi) is 3.14. The van der Waals surface area contributed by atoms with Gasteiger partial charge in [-0.15, -0.1) is 0 Å². The Labute approximate surface area is 105 Å². The van der Waals surface area contributed by atoms with Crippen LogP contribution in [0.5, 0.6) is 0 Å². The van der Waals surface area contributed by atoms with E-state index in [-0.39, 0.29) is 0 Å². The van der Waals surface area contributed by atoms with Gasteiger partial charge >= 0.3 is 0 Å². The second-order valence-electron chi connectivity index (χ2n) is 6.74. The van der Waals surface area contributed by atoms with Crippen molar-refractivity contribution in [2.24, 2.45) is 23.7 Å². The number of carbonyl (C=O) groups is 1. The zero-order valence-electron chi connectivity index (χ0n) is 11.0. The van der Waals surface area contributed by atoms with E-state index < -0.39 is 0 Å². The second kappa shape index (κ2) is 4.62. The van der Waals surface area contributed by atoms with Crippen LogP contribution >= 0.6 is 0 Å². The molecule has 96 valence electrons. The van der Waals surface area contributed by atoms with Gasteiger partial charge in [-0.1, -0.05) is 19.8 Å². The van der Waals surface area contributed by atoms with Crippen molar-refractivity contribution in [3.05, 3.63) is 0 Å². The number of nitrogens with one attached hydrogen (secondary N) is 1. The Hall–Kier alpha value is -0.530. The van der Waals surface area contributed by atoms with Crippen LogP contribution in [0.2, 0.25) is 0 Å². The maximum absolute atomic E-state index is 12.2. The third-order valence-electron chi connectivity index (χ3n) is 5.22. The normalized spacial score (nSPS) is 44.9. The van der Waals surface area contributed by atoms with Crippen LogP contribution in [0.4, 0.5) is 0 Å². The summed E-state index contributed by atoms with van der Waals surface area (Å²) in [4.78, 5) is 12.2. The summed E-state index contributed by atoms with van der Waals surface area (Å²) in [6, 6.07) is 0.476. The summed E-state index contributed by atoms with van der Waals surface area (Å²) >= 11 is 0. The fraction of sp³-hybridized carbons (Fsp3) is 0.933. The molecule has 3 aliphatic carbocycles. The summed E-state index contributed by atoms with van der Waals surface area (Å²) in [5, 5.41) is 3.32. The van der Waals surface area contributed by atoms with E-state index in [1.165, 1.54) is 51.4 Å². The van der Waals surface area contributed by atoms with Crippen molar-refractivity contribution in [3.8, 4) is 0 Å². The van der Waals surface area contributed by atoms with Crippen LogP contribution in [-0.4, -0.2) is 11.9 Å². The first-order valence-electron chi connectivity index (χ1n) is 7.52. The smallest absolute Gasteiger partial charge is 0.223 e. The Balaban J connectivity index is 1.47. The number of hydrogen-bond donors (Lipinski definition) is 1. The van der Waals surface area contributed by atoms with E-state index in [1.54, 1.807) is 0 Å². The average molecular weight is 235 g/mol. The van der Waals surface area contributed by atoms with Crippen LogP contribution in [0.15, 0.2) is 0 Å². The molecular formula is C15H25NO. The molecule has 2 heteroatoms. The molecule has 1 amide bonds. The zero-order valence-corrected chi connectivity index (χ0v) is 11.0. The van der Waals surface area contributed by atoms with Crippen LogP contribution < -0.4 is 5.32 Å². The van der Waals surface area contributed by atoms with Gasteiger partial charge in [-0.3, -0.25) is 4.79 Å². The highest BCUT2D eigenvalue weighted by atomic mass is 16.1. The zero-order chi connectivity index (χ0) is 11.8. The van der Waals surface area contributed by atoms with E-state index >= 15 is 0 Å². The van der Waals surface area contributed by atoms with Crippen molar-refractivity contribution >= 4 is 5.91 Å². The molecule has 0 aliphatic heterocycles. The van der Waals surface area contributed by atoms with Gasteiger partial charge in [0.1, 0.15) is 0 Å². The summed E-state index contributed by atoms with van der Waals surface area (Å²) in [7, 11) is 0. The highest BCUT2D eigenvalue weighted by Gasteiger charge is 2.48. The standard InChI is InChI=1S/C15H25NO/c1-10-3-2-4-14(6-5-10)16-15(17)13-8-11-7-12(11)9-13/h10-14H,2-9H2,1H3,(H,16,17). The SMILES string of the molecule is CC1CCCC(NC(=O)C2CC3CC3C2)CC1. The van der Waals surface area contributed by atoms with E-state index in [1.807, 2.05) is 0 Å². The fourth-order valence-electron chi connectivity index (χ4n) is 3.88. The van der Waals surface area contributed by atoms with Gasteiger partial charge in [-0.2, -0.15) is 0 Å². The lowest BCUT2D eigenvalue weighted by Crippen LogP contribution is -2.38. The molecule has 1 N–H and O–H groups in total. The molecule has 3 rings (SSSR count). The van der Waals surface area contributed by atoms with Crippen molar-refractivity contribution in [1.82, 2.24) is 5.32 Å². The summed E-state index contributed by atoms with van der Waals surface area (Å²) in [6.45, 7) is 2.34. The minimum Gasteiger partial charge on any atom is -0.353 e. The molecule has 3 fully saturated rings. The highest BCUT2D eigenvalue weighted by Crippen LogP contribution is 2.54. The van der Waals surface area contributed by atoms with Gasteiger partial charge in [-0.25, -0.2) is 0 Å². The van der Waals surface area contributed by atoms with Gasteiger partial charge in [0, 0.05) is 12.0 Å². The van der Waals surface area contributed by atoms with Crippen LogP contribution in [0.3, 0.4) is 0 Å². The molecule has 0 aromatic carbocycles. The van der Waals surface area contributed by atoms with Crippen molar-refractivity contribution in [1.29, 1.82) is 0 Å². The Morgan fingerprint density at radius 3 is 2.53 bits per heavy atom. The Morgan fingerprint density at radius 2 is 1.76 bits per heavy atom. The first-order valence-corrected chi connectivity index (χ1v) is 7.52. The fourth-order valence-corrected chi connectivity index (χ4v) is 3.88. The van der Waals surface area contributed by atoms with Crippen LogP contribution in [0.25, 0.3) is 0 Å². The van der Waals surface area contributed by atoms with Crippen LogP contribution in [0.1, 0.15) is 58.3 Å². The maximum Gasteiger partial charge on any atom is 0.223 e. The molecule has 0 heterocycles. The molecule has 3 saturated carbocycles. The number of hydrogen-bond acceptors (Lipinski definition) is 1. The van der Waals surface area contributed by atoms with Gasteiger partial charge in [0.05, 0.1) is 0 Å². The molecule has 0 bridgehead atoms. The molecule has 17 heavy (non-hydrogen) atoms. The molecule has 0 spiro atoms. The van der Waals surface area contributed by atoms with E-state index in [0.717, 1.165) is 17.8 Å². The van der Waals surface area contributed by atoms with Crippen LogP contribution in [0, 0.1) is 23.7 Å². The largest absolute Gasteiger partial charge is 0.353 e. The molecule has 4 atom stereocenters. The molecule has 0 aromatic heterocycles. The predicted octanol–water partition coefficient (Wildman–Crippen LogP) is 3.12. The van der Waals surface area contributed by atoms with E-state index in [2.05, 4.69) is 12.2 Å². The first kappa shape index (κ1) is 11.6. The first-order chi connectivity index (χ1) is 8.22. The summed E-state index contributed by atoms with van der Waals surface area (Å²) < 4.78 is 0. The van der Waals surface area contributed by atoms with Gasteiger partial charge in [0.15, 0.2) is 0 Å². The van der Waals surface area contributed by atoms with Crippen molar-refractivity contribution in [3.63, 3.8) is 0 Å². The second-order valence-corrected chi connectivity index (χ2v) is 6.74. The third kappa shape index (κ3) is 2.66. The van der Waals surface area contributed by atoms with E-state index in [9.17, 15) is 4.79 Å². The summed E-state index contributed by atoms with van der Waals surface area (Å²) in [5.41, 5.74) is 0. The quantitative estimate of drug-likeness (QED) is 0.732. The number of fused-ring (bicyclic) bond motifs is 1. The minimum atomic E-state index is 0.361.